The van der Waals surface area contributed by atoms with Gasteiger partial charge >= 0.3 is 10.4 Å². The molecule has 0 aromatic rings. The second-order valence-electron chi connectivity index (χ2n) is 10.6. The predicted molar refractivity (Wildman–Crippen MR) is 103 cm³/mol. The van der Waals surface area contributed by atoms with E-state index in [1.165, 1.54) is 0 Å². The van der Waals surface area contributed by atoms with E-state index in [0.29, 0.717) is 30.0 Å². The molecule has 7 heteroatoms. The summed E-state index contributed by atoms with van der Waals surface area (Å²) in [7, 11) is -4.68. The first-order valence-corrected chi connectivity index (χ1v) is 12.2. The van der Waals surface area contributed by atoms with Gasteiger partial charge in [0.05, 0.1) is 0 Å². The molecule has 4 fully saturated rings. The summed E-state index contributed by atoms with van der Waals surface area (Å²) in [5.74, 6) is 0.678. The molecule has 6 nitrogen and oxygen atoms in total. The fourth-order valence-electron chi connectivity index (χ4n) is 8.15. The van der Waals surface area contributed by atoms with Gasteiger partial charge in [-0.25, -0.2) is 4.18 Å². The number of aliphatic hydroxyl groups is 1. The van der Waals surface area contributed by atoms with Crippen LogP contribution >= 0.6 is 0 Å². The van der Waals surface area contributed by atoms with Crippen LogP contribution in [0.25, 0.3) is 0 Å². The highest BCUT2D eigenvalue weighted by atomic mass is 32.3. The van der Waals surface area contributed by atoms with E-state index in [2.05, 4.69) is 18.0 Å². The average Bonchev–Trinajstić information content (AvgIpc) is 2.91. The molecule has 8 atom stereocenters. The van der Waals surface area contributed by atoms with E-state index in [1.807, 2.05) is 0 Å². The van der Waals surface area contributed by atoms with Crippen LogP contribution < -0.4 is 0 Å². The SMILES string of the molecule is CC(=O)[C@H]1CCC2[C@H]3CCC4C[C@](O)(OS(=O)(=O)O)CC[C@]4(C)[C@@H]3CC[C@@]21C. The zero-order chi connectivity index (χ0) is 20.5. The Bertz CT molecular complexity index is 765. The van der Waals surface area contributed by atoms with Crippen molar-refractivity contribution in [3.8, 4) is 0 Å². The molecule has 0 amide bonds. The van der Waals surface area contributed by atoms with Gasteiger partial charge < -0.3 is 5.11 Å². The van der Waals surface area contributed by atoms with E-state index >= 15 is 0 Å². The van der Waals surface area contributed by atoms with Crippen molar-refractivity contribution in [2.45, 2.75) is 84.3 Å². The summed E-state index contributed by atoms with van der Waals surface area (Å²) in [6.07, 6.45) is 7.52. The minimum absolute atomic E-state index is 0.0490. The van der Waals surface area contributed by atoms with Crippen molar-refractivity contribution < 1.29 is 27.1 Å². The van der Waals surface area contributed by atoms with E-state index in [9.17, 15) is 18.3 Å². The maximum Gasteiger partial charge on any atom is 0.400 e. The molecule has 0 radical (unpaired) electrons. The summed E-state index contributed by atoms with van der Waals surface area (Å²) in [6.45, 7) is 6.39. The van der Waals surface area contributed by atoms with Gasteiger partial charge in [-0.2, -0.15) is 8.42 Å². The lowest BCUT2D eigenvalue weighted by molar-refractivity contribution is -0.219. The number of carbonyl (C=O) groups is 1. The molecule has 4 aliphatic carbocycles. The molecule has 0 aromatic heterocycles. The Balaban J connectivity index is 1.56. The summed E-state index contributed by atoms with van der Waals surface area (Å²) < 4.78 is 36.0. The third kappa shape index (κ3) is 3.17. The quantitative estimate of drug-likeness (QED) is 0.539. The van der Waals surface area contributed by atoms with Crippen LogP contribution in [0.2, 0.25) is 0 Å². The molecule has 0 bridgehead atoms. The van der Waals surface area contributed by atoms with Gasteiger partial charge in [0.1, 0.15) is 5.78 Å². The molecule has 4 saturated carbocycles. The molecule has 4 rings (SSSR count). The number of carbonyl (C=O) groups excluding carboxylic acids is 1. The summed E-state index contributed by atoms with van der Waals surface area (Å²) in [5, 5.41) is 10.6. The lowest BCUT2D eigenvalue weighted by Crippen LogP contribution is -2.56. The van der Waals surface area contributed by atoms with E-state index in [0.717, 1.165) is 38.5 Å². The van der Waals surface area contributed by atoms with Crippen molar-refractivity contribution >= 4 is 16.2 Å². The minimum Gasteiger partial charge on any atom is -0.364 e. The Morgan fingerprint density at radius 1 is 0.964 bits per heavy atom. The van der Waals surface area contributed by atoms with Gasteiger partial charge in [0, 0.05) is 18.8 Å². The molecular weight excluding hydrogens is 380 g/mol. The zero-order valence-electron chi connectivity index (χ0n) is 17.2. The van der Waals surface area contributed by atoms with Gasteiger partial charge in [-0.05, 0) is 86.4 Å². The smallest absolute Gasteiger partial charge is 0.364 e. The lowest BCUT2D eigenvalue weighted by Gasteiger charge is -2.61. The first-order chi connectivity index (χ1) is 12.9. The summed E-state index contributed by atoms with van der Waals surface area (Å²) in [4.78, 5) is 12.2. The van der Waals surface area contributed by atoms with E-state index in [4.69, 9.17) is 4.55 Å². The van der Waals surface area contributed by atoms with Crippen LogP contribution in [0.4, 0.5) is 0 Å². The zero-order valence-corrected chi connectivity index (χ0v) is 18.0. The standard InChI is InChI=1S/C21H34O6S/c1-13(22)16-6-7-17-15-5-4-14-12-21(23,27-28(24,25)26)11-10-19(14,2)18(15)8-9-20(16,17)3/h14-18,23H,4-12H2,1-3H3,(H,24,25,26)/t14?,15-,16-,17?,18-,19+,20-,21-/m1/s1. The monoisotopic (exact) mass is 414 g/mol. The number of hydrogen-bond acceptors (Lipinski definition) is 5. The Labute approximate surface area is 168 Å². The van der Waals surface area contributed by atoms with Crippen LogP contribution in [-0.4, -0.2) is 29.6 Å². The fourth-order valence-corrected chi connectivity index (χ4v) is 8.69. The topological polar surface area (TPSA) is 101 Å². The van der Waals surface area contributed by atoms with Gasteiger partial charge in [0.15, 0.2) is 5.79 Å². The Hall–Kier alpha value is -0.500. The molecule has 2 unspecified atom stereocenters. The van der Waals surface area contributed by atoms with Gasteiger partial charge in [0.25, 0.3) is 0 Å². The van der Waals surface area contributed by atoms with Crippen LogP contribution in [0.15, 0.2) is 0 Å². The fraction of sp³-hybridized carbons (Fsp3) is 0.952. The predicted octanol–water partition coefficient (Wildman–Crippen LogP) is 3.74. The lowest BCUT2D eigenvalue weighted by atomic mass is 9.44. The van der Waals surface area contributed by atoms with Gasteiger partial charge in [0.2, 0.25) is 0 Å². The minimum atomic E-state index is -4.68. The van der Waals surface area contributed by atoms with Gasteiger partial charge in [-0.15, -0.1) is 0 Å². The maximum atomic E-state index is 12.2. The molecule has 160 valence electrons. The second-order valence-corrected chi connectivity index (χ2v) is 11.6. The third-order valence-electron chi connectivity index (χ3n) is 9.44. The molecule has 4 aliphatic rings. The van der Waals surface area contributed by atoms with E-state index in [-0.39, 0.29) is 35.5 Å². The van der Waals surface area contributed by atoms with Crippen molar-refractivity contribution in [1.82, 2.24) is 0 Å². The van der Waals surface area contributed by atoms with E-state index in [1.54, 1.807) is 6.92 Å². The normalized spacial score (nSPS) is 51.1. The highest BCUT2D eigenvalue weighted by Gasteiger charge is 2.62. The Morgan fingerprint density at radius 3 is 2.29 bits per heavy atom. The highest BCUT2D eigenvalue weighted by Crippen LogP contribution is 2.68. The maximum absolute atomic E-state index is 12.2. The first kappa shape index (κ1) is 20.8. The van der Waals surface area contributed by atoms with Crippen molar-refractivity contribution in [1.29, 1.82) is 0 Å². The average molecular weight is 415 g/mol. The van der Waals surface area contributed by atoms with Gasteiger partial charge in [-0.3, -0.25) is 9.35 Å². The van der Waals surface area contributed by atoms with Crippen LogP contribution in [0.3, 0.4) is 0 Å². The molecule has 0 spiro atoms. The molecule has 28 heavy (non-hydrogen) atoms. The molecular formula is C21H34O6S. The third-order valence-corrected chi connectivity index (χ3v) is 9.96. The Morgan fingerprint density at radius 2 is 1.64 bits per heavy atom. The molecule has 0 aromatic carbocycles. The Kier molecular flexibility index (Phi) is 4.82. The largest absolute Gasteiger partial charge is 0.400 e. The van der Waals surface area contributed by atoms with Crippen LogP contribution in [0.1, 0.15) is 78.6 Å². The van der Waals surface area contributed by atoms with Crippen molar-refractivity contribution in [2.24, 2.45) is 40.4 Å². The number of ketones is 1. The summed E-state index contributed by atoms with van der Waals surface area (Å²) in [5.41, 5.74) is 0.174. The molecule has 0 heterocycles. The first-order valence-electron chi connectivity index (χ1n) is 10.8. The molecule has 2 N–H and O–H groups in total. The van der Waals surface area contributed by atoms with Crippen molar-refractivity contribution in [3.05, 3.63) is 0 Å². The van der Waals surface area contributed by atoms with Gasteiger partial charge in [-0.1, -0.05) is 13.8 Å². The molecule has 0 saturated heterocycles. The number of Topliss-reactive ketones (excluding diaryl/α,β-unsaturated/α-hetero) is 1. The molecule has 0 aliphatic heterocycles. The number of fused-ring (bicyclic) bond motifs is 5. The second kappa shape index (κ2) is 6.50. The summed E-state index contributed by atoms with van der Waals surface area (Å²) >= 11 is 0. The number of rotatable bonds is 3. The van der Waals surface area contributed by atoms with Crippen molar-refractivity contribution in [3.63, 3.8) is 0 Å². The van der Waals surface area contributed by atoms with E-state index < -0.39 is 16.2 Å². The van der Waals surface area contributed by atoms with Crippen LogP contribution in [0.5, 0.6) is 0 Å². The summed E-state index contributed by atoms with van der Waals surface area (Å²) in [6, 6.07) is 0. The van der Waals surface area contributed by atoms with Crippen LogP contribution in [0, 0.1) is 40.4 Å². The van der Waals surface area contributed by atoms with Crippen LogP contribution in [-0.2, 0) is 19.4 Å². The number of hydrogen-bond donors (Lipinski definition) is 2. The highest BCUT2D eigenvalue weighted by molar-refractivity contribution is 7.80. The van der Waals surface area contributed by atoms with Crippen molar-refractivity contribution in [2.75, 3.05) is 0 Å².